The molecule has 32 heavy (non-hydrogen) atoms. The molecule has 0 aliphatic heterocycles. The molecule has 4 rings (SSSR count). The Balaban J connectivity index is 0.000000243. The summed E-state index contributed by atoms with van der Waals surface area (Å²) in [5, 5.41) is -0.0281. The summed E-state index contributed by atoms with van der Waals surface area (Å²) < 4.78 is 15.0. The molecule has 1 aromatic carbocycles. The molecule has 3 aromatic heterocycles. The standard InChI is InChI=1S/C15H12ClFN4O.C4H6ClN5/c1-2-12-20-10-5-4-9(17)14(16)13(10)15(22)21(12)8-3-6-11(18)19-7-8;5-1-2(6)9-4(8)10-3(1)7/h3-7H,2H2,1H3,(H2,18,19);(H6,6,7,8,9,10). The highest BCUT2D eigenvalue weighted by Crippen LogP contribution is 2.24. The van der Waals surface area contributed by atoms with Gasteiger partial charge in [-0.15, -0.1) is 0 Å². The van der Waals surface area contributed by atoms with Crippen molar-refractivity contribution >= 4 is 57.5 Å². The quantitative estimate of drug-likeness (QED) is 0.337. The Morgan fingerprint density at radius 3 is 2.19 bits per heavy atom. The number of hydrogen-bond donors (Lipinski definition) is 4. The molecule has 10 nitrogen and oxygen atoms in total. The van der Waals surface area contributed by atoms with Crippen molar-refractivity contribution in [1.82, 2.24) is 24.5 Å². The zero-order valence-electron chi connectivity index (χ0n) is 16.7. The molecule has 0 saturated heterocycles. The summed E-state index contributed by atoms with van der Waals surface area (Å²) in [6.45, 7) is 1.87. The molecule has 3 heterocycles. The zero-order valence-corrected chi connectivity index (χ0v) is 18.2. The van der Waals surface area contributed by atoms with Gasteiger partial charge < -0.3 is 22.9 Å². The lowest BCUT2D eigenvalue weighted by atomic mass is 10.2. The number of benzene rings is 1. The fourth-order valence-corrected chi connectivity index (χ4v) is 3.11. The van der Waals surface area contributed by atoms with Crippen molar-refractivity contribution in [3.05, 3.63) is 62.5 Å². The third-order valence-electron chi connectivity index (χ3n) is 4.26. The molecular formula is C19H18Cl2FN9O. The van der Waals surface area contributed by atoms with E-state index in [4.69, 9.17) is 46.1 Å². The fourth-order valence-electron chi connectivity index (χ4n) is 2.79. The highest BCUT2D eigenvalue weighted by atomic mass is 35.5. The van der Waals surface area contributed by atoms with Crippen LogP contribution in [0.3, 0.4) is 0 Å². The summed E-state index contributed by atoms with van der Waals surface area (Å²) in [5.74, 6) is 0.455. The van der Waals surface area contributed by atoms with Crippen LogP contribution >= 0.6 is 23.2 Å². The van der Waals surface area contributed by atoms with Crippen molar-refractivity contribution in [3.63, 3.8) is 0 Å². The summed E-state index contributed by atoms with van der Waals surface area (Å²) in [6.07, 6.45) is 1.99. The van der Waals surface area contributed by atoms with Crippen molar-refractivity contribution in [2.45, 2.75) is 13.3 Å². The normalized spacial score (nSPS) is 10.6. The van der Waals surface area contributed by atoms with Crippen LogP contribution in [0.5, 0.6) is 0 Å². The summed E-state index contributed by atoms with van der Waals surface area (Å²) in [7, 11) is 0. The molecule has 8 N–H and O–H groups in total. The zero-order chi connectivity index (χ0) is 23.6. The first-order chi connectivity index (χ1) is 15.1. The van der Waals surface area contributed by atoms with Crippen molar-refractivity contribution < 1.29 is 4.39 Å². The molecule has 0 amide bonds. The Hall–Kier alpha value is -3.70. The van der Waals surface area contributed by atoms with Gasteiger partial charge in [-0.1, -0.05) is 30.1 Å². The number of aryl methyl sites for hydroxylation is 1. The van der Waals surface area contributed by atoms with Gasteiger partial charge >= 0.3 is 0 Å². The number of nitrogens with zero attached hydrogens (tertiary/aromatic N) is 5. The van der Waals surface area contributed by atoms with Gasteiger partial charge in [0.05, 0.1) is 27.8 Å². The lowest BCUT2D eigenvalue weighted by Crippen LogP contribution is -2.24. The van der Waals surface area contributed by atoms with Gasteiger partial charge in [0.2, 0.25) is 5.95 Å². The van der Waals surface area contributed by atoms with E-state index in [-0.39, 0.29) is 33.0 Å². The number of hydrogen-bond acceptors (Lipinski definition) is 9. The van der Waals surface area contributed by atoms with Crippen molar-refractivity contribution in [2.75, 3.05) is 22.9 Å². The second kappa shape index (κ2) is 9.20. The predicted molar refractivity (Wildman–Crippen MR) is 124 cm³/mol. The summed E-state index contributed by atoms with van der Waals surface area (Å²) in [4.78, 5) is 28.3. The summed E-state index contributed by atoms with van der Waals surface area (Å²) >= 11 is 11.5. The van der Waals surface area contributed by atoms with E-state index in [9.17, 15) is 9.18 Å². The van der Waals surface area contributed by atoms with E-state index in [1.807, 2.05) is 6.92 Å². The van der Waals surface area contributed by atoms with E-state index in [0.717, 1.165) is 0 Å². The number of anilines is 4. The second-order valence-corrected chi connectivity index (χ2v) is 7.14. The van der Waals surface area contributed by atoms with Crippen molar-refractivity contribution in [3.8, 4) is 5.69 Å². The Kier molecular flexibility index (Phi) is 6.61. The van der Waals surface area contributed by atoms with E-state index < -0.39 is 11.4 Å². The van der Waals surface area contributed by atoms with E-state index in [1.54, 1.807) is 12.1 Å². The van der Waals surface area contributed by atoms with E-state index in [2.05, 4.69) is 19.9 Å². The van der Waals surface area contributed by atoms with Crippen molar-refractivity contribution in [1.29, 1.82) is 0 Å². The Morgan fingerprint density at radius 1 is 0.969 bits per heavy atom. The van der Waals surface area contributed by atoms with Gasteiger partial charge in [0.1, 0.15) is 34.1 Å². The number of nitrogen functional groups attached to an aromatic ring is 4. The van der Waals surface area contributed by atoms with Crippen LogP contribution in [-0.2, 0) is 6.42 Å². The second-order valence-electron chi connectivity index (χ2n) is 6.39. The lowest BCUT2D eigenvalue weighted by Gasteiger charge is -2.13. The predicted octanol–water partition coefficient (Wildman–Crippen LogP) is 2.59. The molecule has 0 unspecified atom stereocenters. The van der Waals surface area contributed by atoms with E-state index in [0.29, 0.717) is 29.3 Å². The summed E-state index contributed by atoms with van der Waals surface area (Å²) in [6, 6.07) is 5.89. The summed E-state index contributed by atoms with van der Waals surface area (Å²) in [5.41, 5.74) is 21.7. The highest BCUT2D eigenvalue weighted by molar-refractivity contribution is 6.35. The Labute approximate surface area is 191 Å². The van der Waals surface area contributed by atoms with Gasteiger partial charge in [-0.2, -0.15) is 9.97 Å². The van der Waals surface area contributed by atoms with Gasteiger partial charge in [0.15, 0.2) is 0 Å². The largest absolute Gasteiger partial charge is 0.384 e. The number of halogens is 3. The maximum Gasteiger partial charge on any atom is 0.267 e. The van der Waals surface area contributed by atoms with E-state index >= 15 is 0 Å². The third kappa shape index (κ3) is 4.48. The lowest BCUT2D eigenvalue weighted by molar-refractivity contribution is 0.629. The van der Waals surface area contributed by atoms with Gasteiger partial charge in [-0.05, 0) is 24.3 Å². The minimum atomic E-state index is -0.653. The van der Waals surface area contributed by atoms with Crippen LogP contribution in [0, 0.1) is 5.82 Å². The minimum absolute atomic E-state index is 0.0272. The molecule has 0 spiro atoms. The number of fused-ring (bicyclic) bond motifs is 1. The number of rotatable bonds is 2. The highest BCUT2D eigenvalue weighted by Gasteiger charge is 2.16. The molecule has 0 fully saturated rings. The molecule has 13 heteroatoms. The number of aromatic nitrogens is 5. The first-order valence-electron chi connectivity index (χ1n) is 9.09. The maximum atomic E-state index is 13.7. The van der Waals surface area contributed by atoms with Crippen LogP contribution in [0.4, 0.5) is 27.8 Å². The van der Waals surface area contributed by atoms with E-state index in [1.165, 1.54) is 22.9 Å². The maximum absolute atomic E-state index is 13.7. The van der Waals surface area contributed by atoms with Crippen LogP contribution in [0.15, 0.2) is 35.3 Å². The smallest absolute Gasteiger partial charge is 0.267 e. The third-order valence-corrected chi connectivity index (χ3v) is 5.02. The van der Waals surface area contributed by atoms with Crippen molar-refractivity contribution in [2.24, 2.45) is 0 Å². The average molecular weight is 478 g/mol. The molecule has 0 radical (unpaired) electrons. The molecule has 0 saturated carbocycles. The minimum Gasteiger partial charge on any atom is -0.384 e. The number of pyridine rings is 1. The molecule has 0 aliphatic carbocycles. The van der Waals surface area contributed by atoms with Crippen LogP contribution in [0.1, 0.15) is 12.7 Å². The number of nitrogens with two attached hydrogens (primary N) is 4. The van der Waals surface area contributed by atoms with Gasteiger partial charge in [0, 0.05) is 6.42 Å². The first kappa shape index (κ1) is 23.0. The van der Waals surface area contributed by atoms with Crippen LogP contribution in [0.25, 0.3) is 16.6 Å². The molecule has 0 atom stereocenters. The Morgan fingerprint density at radius 2 is 1.62 bits per heavy atom. The van der Waals surface area contributed by atoms with Crippen LogP contribution in [-0.4, -0.2) is 24.5 Å². The first-order valence-corrected chi connectivity index (χ1v) is 9.85. The SMILES string of the molecule is CCc1nc2ccc(F)c(Cl)c2c(=O)n1-c1ccc(N)nc1.Nc1nc(N)c(Cl)c(N)n1. The van der Waals surface area contributed by atoms with Gasteiger partial charge in [-0.25, -0.2) is 14.4 Å². The van der Waals surface area contributed by atoms with Gasteiger partial charge in [-0.3, -0.25) is 9.36 Å². The average Bonchev–Trinajstić information content (AvgIpc) is 2.75. The monoisotopic (exact) mass is 477 g/mol. The van der Waals surface area contributed by atoms with Crippen LogP contribution < -0.4 is 28.5 Å². The molecular weight excluding hydrogens is 460 g/mol. The topological polar surface area (TPSA) is 178 Å². The van der Waals surface area contributed by atoms with Crippen LogP contribution in [0.2, 0.25) is 10.0 Å². The Bertz CT molecular complexity index is 1340. The van der Waals surface area contributed by atoms with Gasteiger partial charge in [0.25, 0.3) is 5.56 Å². The molecule has 0 aliphatic rings. The molecule has 166 valence electrons. The molecule has 4 aromatic rings. The fraction of sp³-hybridized carbons (Fsp3) is 0.105. The molecule has 0 bridgehead atoms.